The first-order valence-electron chi connectivity index (χ1n) is 6.95. The number of piperidine rings is 1. The Labute approximate surface area is 118 Å². The van der Waals surface area contributed by atoms with Crippen LogP contribution >= 0.6 is 11.6 Å². The van der Waals surface area contributed by atoms with Crippen molar-refractivity contribution in [3.05, 3.63) is 34.9 Å². The average Bonchev–Trinajstić information content (AvgIpc) is 2.72. The van der Waals surface area contributed by atoms with Gasteiger partial charge in [-0.1, -0.05) is 29.8 Å². The van der Waals surface area contributed by atoms with Crippen LogP contribution in [-0.2, 0) is 11.3 Å². The van der Waals surface area contributed by atoms with Crippen LogP contribution < -0.4 is 5.32 Å². The van der Waals surface area contributed by atoms with Crippen LogP contribution in [0.3, 0.4) is 0 Å². The van der Waals surface area contributed by atoms with E-state index in [-0.39, 0.29) is 5.41 Å². The monoisotopic (exact) mass is 278 g/mol. The van der Waals surface area contributed by atoms with Gasteiger partial charge in [-0.25, -0.2) is 0 Å². The van der Waals surface area contributed by atoms with Crippen molar-refractivity contribution < 1.29 is 4.79 Å². The molecule has 0 saturated carbocycles. The largest absolute Gasteiger partial charge is 0.338 e. The zero-order valence-electron chi connectivity index (χ0n) is 11.0. The van der Waals surface area contributed by atoms with Crippen molar-refractivity contribution in [2.75, 3.05) is 19.6 Å². The number of carbonyl (C=O) groups is 1. The normalized spacial score (nSPS) is 27.2. The lowest BCUT2D eigenvalue weighted by atomic mass is 9.79. The van der Waals surface area contributed by atoms with Gasteiger partial charge < -0.3 is 10.2 Å². The van der Waals surface area contributed by atoms with E-state index in [1.54, 1.807) is 0 Å². The van der Waals surface area contributed by atoms with Crippen molar-refractivity contribution in [3.63, 3.8) is 0 Å². The van der Waals surface area contributed by atoms with Crippen LogP contribution in [0.1, 0.15) is 24.8 Å². The van der Waals surface area contributed by atoms with Crippen molar-refractivity contribution >= 4 is 17.5 Å². The van der Waals surface area contributed by atoms with Crippen molar-refractivity contribution in [2.45, 2.75) is 25.8 Å². The fourth-order valence-electron chi connectivity index (χ4n) is 3.24. The molecule has 1 aromatic carbocycles. The highest BCUT2D eigenvalue weighted by molar-refractivity contribution is 6.31. The molecule has 0 bridgehead atoms. The minimum Gasteiger partial charge on any atom is -0.338 e. The van der Waals surface area contributed by atoms with Gasteiger partial charge >= 0.3 is 0 Å². The maximum atomic E-state index is 12.6. The minimum atomic E-state index is -0.139. The number of hydrogen-bond donors (Lipinski definition) is 1. The molecule has 102 valence electrons. The Morgan fingerprint density at radius 1 is 1.32 bits per heavy atom. The fraction of sp³-hybridized carbons (Fsp3) is 0.533. The van der Waals surface area contributed by atoms with Crippen molar-refractivity contribution in [1.82, 2.24) is 10.2 Å². The van der Waals surface area contributed by atoms with E-state index in [9.17, 15) is 4.79 Å². The number of likely N-dealkylation sites (tertiary alicyclic amines) is 1. The maximum absolute atomic E-state index is 12.6. The number of halogens is 1. The average molecular weight is 279 g/mol. The molecule has 1 amide bonds. The van der Waals surface area contributed by atoms with Gasteiger partial charge in [0.05, 0.1) is 5.41 Å². The van der Waals surface area contributed by atoms with Gasteiger partial charge in [0.25, 0.3) is 0 Å². The summed E-state index contributed by atoms with van der Waals surface area (Å²) in [5, 5.41) is 4.12. The van der Waals surface area contributed by atoms with Crippen LogP contribution in [-0.4, -0.2) is 30.4 Å². The van der Waals surface area contributed by atoms with Crippen molar-refractivity contribution in [2.24, 2.45) is 5.41 Å². The van der Waals surface area contributed by atoms with Gasteiger partial charge in [-0.2, -0.15) is 0 Å². The van der Waals surface area contributed by atoms with Gasteiger partial charge in [-0.3, -0.25) is 4.79 Å². The Balaban J connectivity index is 1.74. The van der Waals surface area contributed by atoms with Gasteiger partial charge in [0.15, 0.2) is 0 Å². The van der Waals surface area contributed by atoms with E-state index in [0.717, 1.165) is 49.5 Å². The molecule has 2 fully saturated rings. The molecular formula is C15H19ClN2O. The molecule has 2 aliphatic rings. The quantitative estimate of drug-likeness (QED) is 0.901. The Morgan fingerprint density at radius 3 is 2.89 bits per heavy atom. The Morgan fingerprint density at radius 2 is 2.16 bits per heavy atom. The summed E-state index contributed by atoms with van der Waals surface area (Å²) < 4.78 is 0. The summed E-state index contributed by atoms with van der Waals surface area (Å²) in [5.74, 6) is 0.305. The number of hydrogen-bond acceptors (Lipinski definition) is 2. The molecule has 2 aliphatic heterocycles. The van der Waals surface area contributed by atoms with E-state index in [4.69, 9.17) is 11.6 Å². The predicted molar refractivity (Wildman–Crippen MR) is 76.0 cm³/mol. The third-order valence-electron chi connectivity index (χ3n) is 4.39. The molecule has 0 unspecified atom stereocenters. The summed E-state index contributed by atoms with van der Waals surface area (Å²) in [7, 11) is 0. The Hall–Kier alpha value is -1.06. The van der Waals surface area contributed by atoms with E-state index in [0.29, 0.717) is 12.5 Å². The maximum Gasteiger partial charge on any atom is 0.230 e. The molecule has 4 heteroatoms. The molecular weight excluding hydrogens is 260 g/mol. The van der Waals surface area contributed by atoms with E-state index >= 15 is 0 Å². The highest BCUT2D eigenvalue weighted by Crippen LogP contribution is 2.38. The number of carbonyl (C=O) groups excluding carboxylic acids is 1. The standard InChI is InChI=1S/C15H19ClN2O/c16-13-5-2-1-4-12(13)10-18-9-7-15(14(18)19)6-3-8-17-11-15/h1-2,4-5,17H,3,6-11H2/t15-/m1/s1. The molecule has 2 saturated heterocycles. The van der Waals surface area contributed by atoms with Crippen LogP contribution in [0.25, 0.3) is 0 Å². The van der Waals surface area contributed by atoms with Crippen molar-refractivity contribution in [1.29, 1.82) is 0 Å². The summed E-state index contributed by atoms with van der Waals surface area (Å²) in [6.45, 7) is 3.37. The van der Waals surface area contributed by atoms with Crippen LogP contribution in [0, 0.1) is 5.41 Å². The molecule has 1 N–H and O–H groups in total. The molecule has 3 rings (SSSR count). The molecule has 0 radical (unpaired) electrons. The zero-order chi connectivity index (χ0) is 13.3. The number of nitrogens with zero attached hydrogens (tertiary/aromatic N) is 1. The second-order valence-corrected chi connectivity index (χ2v) is 6.04. The second-order valence-electron chi connectivity index (χ2n) is 5.63. The lowest BCUT2D eigenvalue weighted by Gasteiger charge is -2.32. The summed E-state index contributed by atoms with van der Waals surface area (Å²) in [6, 6.07) is 7.78. The van der Waals surface area contributed by atoms with Gasteiger partial charge in [0.1, 0.15) is 0 Å². The predicted octanol–water partition coefficient (Wildman–Crippen LogP) is 2.44. The molecule has 2 heterocycles. The van der Waals surface area contributed by atoms with E-state index in [2.05, 4.69) is 5.32 Å². The number of rotatable bonds is 2. The van der Waals surface area contributed by atoms with E-state index in [1.165, 1.54) is 0 Å². The lowest BCUT2D eigenvalue weighted by Crippen LogP contribution is -2.45. The molecule has 3 nitrogen and oxygen atoms in total. The minimum absolute atomic E-state index is 0.139. The summed E-state index contributed by atoms with van der Waals surface area (Å²) in [6.07, 6.45) is 3.10. The van der Waals surface area contributed by atoms with Crippen LogP contribution in [0.15, 0.2) is 24.3 Å². The van der Waals surface area contributed by atoms with Crippen LogP contribution in [0.5, 0.6) is 0 Å². The summed E-state index contributed by atoms with van der Waals surface area (Å²) in [4.78, 5) is 14.6. The Kier molecular flexibility index (Phi) is 3.50. The third kappa shape index (κ3) is 2.37. The van der Waals surface area contributed by atoms with Crippen molar-refractivity contribution in [3.8, 4) is 0 Å². The van der Waals surface area contributed by atoms with E-state index < -0.39 is 0 Å². The van der Waals surface area contributed by atoms with Gasteiger partial charge in [0.2, 0.25) is 5.91 Å². The smallest absolute Gasteiger partial charge is 0.230 e. The zero-order valence-corrected chi connectivity index (χ0v) is 11.7. The first kappa shape index (κ1) is 12.9. The number of benzene rings is 1. The second kappa shape index (κ2) is 5.14. The van der Waals surface area contributed by atoms with Crippen LogP contribution in [0.2, 0.25) is 5.02 Å². The summed E-state index contributed by atoms with van der Waals surface area (Å²) >= 11 is 6.18. The summed E-state index contributed by atoms with van der Waals surface area (Å²) in [5.41, 5.74) is 0.901. The van der Waals surface area contributed by atoms with Gasteiger partial charge in [-0.15, -0.1) is 0 Å². The molecule has 0 aliphatic carbocycles. The first-order chi connectivity index (χ1) is 9.21. The molecule has 0 aromatic heterocycles. The highest BCUT2D eigenvalue weighted by atomic mass is 35.5. The topological polar surface area (TPSA) is 32.3 Å². The Bertz CT molecular complexity index is 483. The lowest BCUT2D eigenvalue weighted by molar-refractivity contribution is -0.137. The number of amides is 1. The fourth-order valence-corrected chi connectivity index (χ4v) is 3.44. The molecule has 1 aromatic rings. The SMILES string of the molecule is O=C1N(Cc2ccccc2Cl)CC[C@@]12CCCNC2. The first-order valence-corrected chi connectivity index (χ1v) is 7.33. The molecule has 1 atom stereocenters. The van der Waals surface area contributed by atoms with Crippen LogP contribution in [0.4, 0.5) is 0 Å². The van der Waals surface area contributed by atoms with Gasteiger partial charge in [0, 0.05) is 24.7 Å². The third-order valence-corrected chi connectivity index (χ3v) is 4.76. The highest BCUT2D eigenvalue weighted by Gasteiger charge is 2.46. The van der Waals surface area contributed by atoms with E-state index in [1.807, 2.05) is 29.2 Å². The molecule has 1 spiro atoms. The number of nitrogens with one attached hydrogen (secondary N) is 1. The van der Waals surface area contributed by atoms with Gasteiger partial charge in [-0.05, 0) is 37.4 Å². The molecule has 19 heavy (non-hydrogen) atoms.